The summed E-state index contributed by atoms with van der Waals surface area (Å²) < 4.78 is 30.5. The number of rotatable bonds is 5. The summed E-state index contributed by atoms with van der Waals surface area (Å²) in [6.07, 6.45) is 0. The van der Waals surface area contributed by atoms with E-state index in [1.807, 2.05) is 18.2 Å². The van der Waals surface area contributed by atoms with Gasteiger partial charge in [0.2, 0.25) is 0 Å². The van der Waals surface area contributed by atoms with Crippen LogP contribution in [-0.4, -0.2) is 17.1 Å². The fourth-order valence-electron chi connectivity index (χ4n) is 1.85. The highest BCUT2D eigenvalue weighted by Gasteiger charge is 2.14. The number of benzene rings is 2. The van der Waals surface area contributed by atoms with Crippen molar-refractivity contribution in [3.05, 3.63) is 58.9 Å². The molecular formula is C15H15ClFNO2S. The summed E-state index contributed by atoms with van der Waals surface area (Å²) in [6.45, 7) is 0. The van der Waals surface area contributed by atoms with E-state index in [4.69, 9.17) is 22.1 Å². The lowest BCUT2D eigenvalue weighted by Gasteiger charge is -2.13. The molecule has 21 heavy (non-hydrogen) atoms. The van der Waals surface area contributed by atoms with E-state index >= 15 is 0 Å². The first kappa shape index (κ1) is 15.9. The SMILES string of the molecule is COc1cccc(C(N)CS(=O)c2ccc(F)c(Cl)c2)c1. The Balaban J connectivity index is 2.12. The molecule has 112 valence electrons. The molecule has 0 aliphatic heterocycles. The Morgan fingerprint density at radius 1 is 1.33 bits per heavy atom. The molecule has 2 rings (SSSR count). The Morgan fingerprint density at radius 3 is 2.76 bits per heavy atom. The van der Waals surface area contributed by atoms with Crippen molar-refractivity contribution >= 4 is 22.4 Å². The fraction of sp³-hybridized carbons (Fsp3) is 0.200. The summed E-state index contributed by atoms with van der Waals surface area (Å²) in [6, 6.07) is 10.9. The van der Waals surface area contributed by atoms with Gasteiger partial charge in [-0.3, -0.25) is 4.21 Å². The van der Waals surface area contributed by atoms with Crippen molar-refractivity contribution in [2.24, 2.45) is 5.73 Å². The molecule has 6 heteroatoms. The van der Waals surface area contributed by atoms with Gasteiger partial charge in [-0.2, -0.15) is 0 Å². The third-order valence-corrected chi connectivity index (χ3v) is 4.74. The maximum Gasteiger partial charge on any atom is 0.141 e. The standard InChI is InChI=1S/C15H15ClFNO2S/c1-20-11-4-2-3-10(7-11)15(18)9-21(19)12-5-6-14(17)13(16)8-12/h2-8,15H,9,18H2,1H3. The molecule has 0 saturated heterocycles. The van der Waals surface area contributed by atoms with Gasteiger partial charge in [0.15, 0.2) is 0 Å². The number of ether oxygens (including phenoxy) is 1. The summed E-state index contributed by atoms with van der Waals surface area (Å²) in [5.41, 5.74) is 6.90. The quantitative estimate of drug-likeness (QED) is 0.916. The molecule has 2 atom stereocenters. The summed E-state index contributed by atoms with van der Waals surface area (Å²) in [5.74, 6) is 0.378. The van der Waals surface area contributed by atoms with Crippen LogP contribution in [0, 0.1) is 5.82 Å². The first-order valence-electron chi connectivity index (χ1n) is 6.24. The molecule has 0 heterocycles. The summed E-state index contributed by atoms with van der Waals surface area (Å²) >= 11 is 5.69. The second-order valence-electron chi connectivity index (χ2n) is 4.47. The lowest BCUT2D eigenvalue weighted by Crippen LogP contribution is -2.18. The molecular weight excluding hydrogens is 313 g/mol. The Bertz CT molecular complexity index is 666. The van der Waals surface area contributed by atoms with Gasteiger partial charge in [-0.15, -0.1) is 0 Å². The third kappa shape index (κ3) is 4.03. The zero-order valence-corrected chi connectivity index (χ0v) is 13.0. The van der Waals surface area contributed by atoms with Crippen molar-refractivity contribution < 1.29 is 13.3 Å². The van der Waals surface area contributed by atoms with Crippen LogP contribution in [0.5, 0.6) is 5.75 Å². The molecule has 0 radical (unpaired) electrons. The monoisotopic (exact) mass is 327 g/mol. The molecule has 0 aliphatic rings. The van der Waals surface area contributed by atoms with Crippen LogP contribution >= 0.6 is 11.6 Å². The number of methoxy groups -OCH3 is 1. The molecule has 0 spiro atoms. The predicted octanol–water partition coefficient (Wildman–Crippen LogP) is 3.30. The molecule has 2 aromatic carbocycles. The zero-order chi connectivity index (χ0) is 15.4. The Hall–Kier alpha value is -1.43. The highest BCUT2D eigenvalue weighted by molar-refractivity contribution is 7.85. The van der Waals surface area contributed by atoms with Crippen molar-refractivity contribution in [3.63, 3.8) is 0 Å². The average molecular weight is 328 g/mol. The van der Waals surface area contributed by atoms with Crippen LogP contribution in [0.4, 0.5) is 4.39 Å². The second kappa shape index (κ2) is 7.02. The normalized spacial score (nSPS) is 13.7. The summed E-state index contributed by atoms with van der Waals surface area (Å²) in [4.78, 5) is 0.458. The van der Waals surface area contributed by atoms with Crippen molar-refractivity contribution in [1.82, 2.24) is 0 Å². The van der Waals surface area contributed by atoms with Crippen LogP contribution in [-0.2, 0) is 10.8 Å². The molecule has 3 nitrogen and oxygen atoms in total. The maximum atomic E-state index is 13.1. The van der Waals surface area contributed by atoms with Gasteiger partial charge in [0.1, 0.15) is 11.6 Å². The Morgan fingerprint density at radius 2 is 2.10 bits per heavy atom. The van der Waals surface area contributed by atoms with Crippen molar-refractivity contribution in [2.45, 2.75) is 10.9 Å². The summed E-state index contributed by atoms with van der Waals surface area (Å²) in [7, 11) is 0.215. The molecule has 0 amide bonds. The molecule has 0 bridgehead atoms. The van der Waals surface area contributed by atoms with E-state index in [1.165, 1.54) is 18.2 Å². The van der Waals surface area contributed by atoms with Gasteiger partial charge in [0.25, 0.3) is 0 Å². The van der Waals surface area contributed by atoms with Crippen LogP contribution in [0.2, 0.25) is 5.02 Å². The van der Waals surface area contributed by atoms with Gasteiger partial charge >= 0.3 is 0 Å². The minimum Gasteiger partial charge on any atom is -0.497 e. The van der Waals surface area contributed by atoms with Gasteiger partial charge in [0.05, 0.1) is 22.9 Å². The number of halogens is 2. The first-order valence-corrected chi connectivity index (χ1v) is 7.94. The molecule has 2 N–H and O–H groups in total. The number of nitrogens with two attached hydrogens (primary N) is 1. The molecule has 0 saturated carbocycles. The van der Waals surface area contributed by atoms with Gasteiger partial charge in [-0.05, 0) is 35.9 Å². The number of hydrogen-bond acceptors (Lipinski definition) is 3. The molecule has 0 aliphatic carbocycles. The maximum absolute atomic E-state index is 13.1. The van der Waals surface area contributed by atoms with Crippen molar-refractivity contribution in [2.75, 3.05) is 12.9 Å². The Labute approximate surface area is 130 Å². The predicted molar refractivity (Wildman–Crippen MR) is 82.6 cm³/mol. The first-order chi connectivity index (χ1) is 10.0. The van der Waals surface area contributed by atoms with Gasteiger partial charge in [0, 0.05) is 16.7 Å². The zero-order valence-electron chi connectivity index (χ0n) is 11.4. The van der Waals surface area contributed by atoms with Gasteiger partial charge in [-0.25, -0.2) is 4.39 Å². The second-order valence-corrected chi connectivity index (χ2v) is 6.37. The topological polar surface area (TPSA) is 52.3 Å². The van der Waals surface area contributed by atoms with Crippen LogP contribution in [0.1, 0.15) is 11.6 Å². The Kier molecular flexibility index (Phi) is 5.33. The van der Waals surface area contributed by atoms with E-state index in [-0.39, 0.29) is 10.8 Å². The van der Waals surface area contributed by atoms with Gasteiger partial charge < -0.3 is 10.5 Å². The van der Waals surface area contributed by atoms with E-state index in [0.717, 1.165) is 5.56 Å². The lowest BCUT2D eigenvalue weighted by atomic mass is 10.1. The molecule has 2 unspecified atom stereocenters. The smallest absolute Gasteiger partial charge is 0.141 e. The van der Waals surface area contributed by atoms with E-state index in [9.17, 15) is 8.60 Å². The van der Waals surface area contributed by atoms with Crippen molar-refractivity contribution in [1.29, 1.82) is 0 Å². The minimum atomic E-state index is -1.36. The molecule has 0 fully saturated rings. The van der Waals surface area contributed by atoms with Crippen LogP contribution in [0.25, 0.3) is 0 Å². The minimum absolute atomic E-state index is 0.0456. The lowest BCUT2D eigenvalue weighted by molar-refractivity contribution is 0.414. The molecule has 0 aromatic heterocycles. The van der Waals surface area contributed by atoms with Gasteiger partial charge in [-0.1, -0.05) is 23.7 Å². The third-order valence-electron chi connectivity index (χ3n) is 3.01. The van der Waals surface area contributed by atoms with Crippen LogP contribution in [0.3, 0.4) is 0 Å². The highest BCUT2D eigenvalue weighted by atomic mass is 35.5. The number of hydrogen-bond donors (Lipinski definition) is 1. The highest BCUT2D eigenvalue weighted by Crippen LogP contribution is 2.22. The van der Waals surface area contributed by atoms with E-state index in [1.54, 1.807) is 13.2 Å². The average Bonchev–Trinajstić information content (AvgIpc) is 2.49. The fourth-order valence-corrected chi connectivity index (χ4v) is 3.27. The molecule has 2 aromatic rings. The van der Waals surface area contributed by atoms with Crippen LogP contribution in [0.15, 0.2) is 47.4 Å². The largest absolute Gasteiger partial charge is 0.497 e. The van der Waals surface area contributed by atoms with Crippen LogP contribution < -0.4 is 10.5 Å². The van der Waals surface area contributed by atoms with Crippen molar-refractivity contribution in [3.8, 4) is 5.75 Å². The van der Waals surface area contributed by atoms with E-state index in [0.29, 0.717) is 10.6 Å². The van der Waals surface area contributed by atoms with E-state index in [2.05, 4.69) is 0 Å². The van der Waals surface area contributed by atoms with E-state index < -0.39 is 22.7 Å². The summed E-state index contributed by atoms with van der Waals surface area (Å²) in [5, 5.41) is -0.0456.